The van der Waals surface area contributed by atoms with Crippen LogP contribution in [0.3, 0.4) is 0 Å². The molecule has 0 saturated carbocycles. The van der Waals surface area contributed by atoms with E-state index in [0.717, 1.165) is 16.9 Å². The lowest BCUT2D eigenvalue weighted by atomic mass is 10.1. The second kappa shape index (κ2) is 8.88. The van der Waals surface area contributed by atoms with Gasteiger partial charge >= 0.3 is 0 Å². The minimum Gasteiger partial charge on any atom is -0.493 e. The first-order valence-corrected chi connectivity index (χ1v) is 9.60. The van der Waals surface area contributed by atoms with Crippen molar-refractivity contribution in [2.24, 2.45) is 0 Å². The number of carbonyl (C=O) groups excluding carboxylic acids is 1. The van der Waals surface area contributed by atoms with Crippen LogP contribution < -0.4 is 14.8 Å². The van der Waals surface area contributed by atoms with Crippen LogP contribution in [0.4, 0.5) is 5.13 Å². The van der Waals surface area contributed by atoms with Crippen molar-refractivity contribution < 1.29 is 14.3 Å². The van der Waals surface area contributed by atoms with Gasteiger partial charge in [-0.1, -0.05) is 23.7 Å². The molecule has 3 aromatic rings. The Morgan fingerprint density at radius 3 is 2.67 bits per heavy atom. The van der Waals surface area contributed by atoms with Gasteiger partial charge < -0.3 is 9.47 Å². The first kappa shape index (κ1) is 19.2. The number of benzene rings is 2. The number of hydrogen-bond acceptors (Lipinski definition) is 5. The summed E-state index contributed by atoms with van der Waals surface area (Å²) in [4.78, 5) is 17.8. The maximum atomic E-state index is 12.5. The summed E-state index contributed by atoms with van der Waals surface area (Å²) in [6.07, 6.45) is 2.51. The number of hydrogen-bond donors (Lipinski definition) is 1. The van der Waals surface area contributed by atoms with Crippen LogP contribution in [0.25, 0.3) is 0 Å². The number of methoxy groups -OCH3 is 1. The van der Waals surface area contributed by atoms with Crippen LogP contribution in [0.2, 0.25) is 5.02 Å². The standard InChI is InChI=1S/C20H19ClN2O3S/c1-3-26-17-9-6-14(11-18(17)25-2)19(24)23-20-22-12-16(27-20)10-13-4-7-15(21)8-5-13/h4-9,11-12H,3,10H2,1-2H3,(H,22,23,24). The molecule has 1 heterocycles. The van der Waals surface area contributed by atoms with Crippen LogP contribution in [-0.2, 0) is 6.42 Å². The summed E-state index contributed by atoms with van der Waals surface area (Å²) < 4.78 is 10.8. The normalized spacial score (nSPS) is 10.5. The molecular weight excluding hydrogens is 384 g/mol. The molecule has 0 aliphatic heterocycles. The van der Waals surface area contributed by atoms with Crippen molar-refractivity contribution in [1.29, 1.82) is 0 Å². The van der Waals surface area contributed by atoms with Crippen LogP contribution in [0.15, 0.2) is 48.7 Å². The van der Waals surface area contributed by atoms with E-state index in [2.05, 4.69) is 10.3 Å². The molecule has 1 N–H and O–H groups in total. The maximum Gasteiger partial charge on any atom is 0.257 e. The van der Waals surface area contributed by atoms with Gasteiger partial charge in [0.1, 0.15) is 0 Å². The molecule has 1 aromatic heterocycles. The van der Waals surface area contributed by atoms with Gasteiger partial charge in [-0.25, -0.2) is 4.98 Å². The minimum absolute atomic E-state index is 0.247. The van der Waals surface area contributed by atoms with E-state index in [1.54, 1.807) is 31.5 Å². The van der Waals surface area contributed by atoms with Gasteiger partial charge in [-0.05, 0) is 42.8 Å². The van der Waals surface area contributed by atoms with Gasteiger partial charge in [0.2, 0.25) is 0 Å². The molecule has 0 radical (unpaired) electrons. The van der Waals surface area contributed by atoms with Crippen molar-refractivity contribution >= 4 is 34.0 Å². The van der Waals surface area contributed by atoms with Gasteiger partial charge in [0.25, 0.3) is 5.91 Å². The number of amides is 1. The molecular formula is C20H19ClN2O3S. The lowest BCUT2D eigenvalue weighted by Crippen LogP contribution is -2.12. The minimum atomic E-state index is -0.247. The zero-order valence-electron chi connectivity index (χ0n) is 15.0. The average molecular weight is 403 g/mol. The fraction of sp³-hybridized carbons (Fsp3) is 0.200. The Bertz CT molecular complexity index is 925. The number of anilines is 1. The first-order chi connectivity index (χ1) is 13.1. The number of rotatable bonds is 7. The molecule has 0 unspecified atom stereocenters. The average Bonchev–Trinajstić information content (AvgIpc) is 3.11. The van der Waals surface area contributed by atoms with Crippen LogP contribution in [0.1, 0.15) is 27.7 Å². The van der Waals surface area contributed by atoms with E-state index in [9.17, 15) is 4.79 Å². The summed E-state index contributed by atoms with van der Waals surface area (Å²) in [5, 5.41) is 4.09. The van der Waals surface area contributed by atoms with E-state index >= 15 is 0 Å². The second-order valence-corrected chi connectivity index (χ2v) is 7.24. The predicted octanol–water partition coefficient (Wildman–Crippen LogP) is 5.05. The molecule has 0 saturated heterocycles. The number of thiazole rings is 1. The first-order valence-electron chi connectivity index (χ1n) is 8.40. The summed E-state index contributed by atoms with van der Waals surface area (Å²) in [5.74, 6) is 0.881. The summed E-state index contributed by atoms with van der Waals surface area (Å²) in [6.45, 7) is 2.42. The van der Waals surface area contributed by atoms with Crippen LogP contribution in [0.5, 0.6) is 11.5 Å². The molecule has 0 bridgehead atoms. The molecule has 0 atom stereocenters. The zero-order chi connectivity index (χ0) is 19.2. The predicted molar refractivity (Wildman–Crippen MR) is 108 cm³/mol. The van der Waals surface area contributed by atoms with Gasteiger partial charge in [0, 0.05) is 28.1 Å². The van der Waals surface area contributed by atoms with E-state index < -0.39 is 0 Å². The Hall–Kier alpha value is -2.57. The van der Waals surface area contributed by atoms with Crippen molar-refractivity contribution in [3.05, 3.63) is 69.7 Å². The number of halogens is 1. The van der Waals surface area contributed by atoms with Crippen LogP contribution >= 0.6 is 22.9 Å². The van der Waals surface area contributed by atoms with Gasteiger partial charge in [-0.3, -0.25) is 10.1 Å². The molecule has 0 spiro atoms. The smallest absolute Gasteiger partial charge is 0.257 e. The molecule has 0 fully saturated rings. The quantitative estimate of drug-likeness (QED) is 0.601. The second-order valence-electron chi connectivity index (χ2n) is 5.69. The Morgan fingerprint density at radius 2 is 1.96 bits per heavy atom. The van der Waals surface area contributed by atoms with Gasteiger partial charge in [0.05, 0.1) is 13.7 Å². The topological polar surface area (TPSA) is 60.5 Å². The molecule has 2 aromatic carbocycles. The molecule has 0 aliphatic carbocycles. The lowest BCUT2D eigenvalue weighted by Gasteiger charge is -2.10. The van der Waals surface area contributed by atoms with E-state index in [4.69, 9.17) is 21.1 Å². The number of aromatic nitrogens is 1. The summed E-state index contributed by atoms with van der Waals surface area (Å²) >= 11 is 7.35. The Morgan fingerprint density at radius 1 is 1.19 bits per heavy atom. The highest BCUT2D eigenvalue weighted by molar-refractivity contribution is 7.15. The molecule has 0 aliphatic rings. The maximum absolute atomic E-state index is 12.5. The van der Waals surface area contributed by atoms with Crippen molar-refractivity contribution in [1.82, 2.24) is 4.98 Å². The highest BCUT2D eigenvalue weighted by Crippen LogP contribution is 2.29. The number of nitrogens with one attached hydrogen (secondary N) is 1. The molecule has 7 heteroatoms. The highest BCUT2D eigenvalue weighted by atomic mass is 35.5. The fourth-order valence-electron chi connectivity index (χ4n) is 2.50. The molecule has 3 rings (SSSR count). The summed E-state index contributed by atoms with van der Waals surface area (Å²) in [6, 6.07) is 12.8. The largest absolute Gasteiger partial charge is 0.493 e. The molecule has 140 valence electrons. The van der Waals surface area contributed by atoms with Gasteiger partial charge in [0.15, 0.2) is 16.6 Å². The number of ether oxygens (including phenoxy) is 2. The third-order valence-corrected chi connectivity index (χ3v) is 4.96. The third-order valence-electron chi connectivity index (χ3n) is 3.79. The molecule has 5 nitrogen and oxygen atoms in total. The van der Waals surface area contributed by atoms with E-state index in [-0.39, 0.29) is 5.91 Å². The van der Waals surface area contributed by atoms with Gasteiger partial charge in [-0.15, -0.1) is 11.3 Å². The van der Waals surface area contributed by atoms with E-state index in [1.807, 2.05) is 31.2 Å². The van der Waals surface area contributed by atoms with Crippen LogP contribution in [-0.4, -0.2) is 24.6 Å². The van der Waals surface area contributed by atoms with Gasteiger partial charge in [-0.2, -0.15) is 0 Å². The SMILES string of the molecule is CCOc1ccc(C(=O)Nc2ncc(Cc3ccc(Cl)cc3)s2)cc1OC. The van der Waals surface area contributed by atoms with E-state index in [1.165, 1.54) is 11.3 Å². The fourth-order valence-corrected chi connectivity index (χ4v) is 3.47. The molecule has 27 heavy (non-hydrogen) atoms. The number of nitrogens with zero attached hydrogens (tertiary/aromatic N) is 1. The van der Waals surface area contributed by atoms with Crippen molar-refractivity contribution in [2.45, 2.75) is 13.3 Å². The van der Waals surface area contributed by atoms with Crippen molar-refractivity contribution in [3.8, 4) is 11.5 Å². The highest BCUT2D eigenvalue weighted by Gasteiger charge is 2.13. The summed E-state index contributed by atoms with van der Waals surface area (Å²) in [7, 11) is 1.55. The zero-order valence-corrected chi connectivity index (χ0v) is 16.6. The van der Waals surface area contributed by atoms with Crippen LogP contribution in [0, 0.1) is 0 Å². The number of carbonyl (C=O) groups is 1. The third kappa shape index (κ3) is 4.99. The monoisotopic (exact) mass is 402 g/mol. The van der Waals surface area contributed by atoms with Crippen molar-refractivity contribution in [2.75, 3.05) is 19.0 Å². The Kier molecular flexibility index (Phi) is 6.32. The summed E-state index contributed by atoms with van der Waals surface area (Å²) in [5.41, 5.74) is 1.61. The van der Waals surface area contributed by atoms with Crippen molar-refractivity contribution in [3.63, 3.8) is 0 Å². The Balaban J connectivity index is 1.67. The Labute approximate surface area is 166 Å². The molecule has 1 amide bonds. The van der Waals surface area contributed by atoms with E-state index in [0.29, 0.717) is 33.8 Å². The lowest BCUT2D eigenvalue weighted by molar-refractivity contribution is 0.102.